The first-order valence-electron chi connectivity index (χ1n) is 22.4. The number of nitrogens with one attached hydrogen (secondary N) is 2. The van der Waals surface area contributed by atoms with E-state index in [1.807, 2.05) is 72.8 Å². The zero-order valence-corrected chi connectivity index (χ0v) is 39.5. The summed E-state index contributed by atoms with van der Waals surface area (Å²) in [6.45, 7) is 7.48. The van der Waals surface area contributed by atoms with E-state index in [9.17, 15) is 33.9 Å². The average molecular weight is 943 g/mol. The fraction of sp³-hybridized carbons (Fsp3) is 0.308. The number of Topliss-reactive ketones (excluding diaryl/α,β-unsaturated/α-hetero) is 1. The number of hydrogen-bond acceptors (Lipinski definition) is 13. The molecule has 3 unspecified atom stereocenters. The lowest BCUT2D eigenvalue weighted by Gasteiger charge is -2.25. The number of likely N-dealkylation sites (N-methyl/N-ethyl adjacent to an activating group) is 2. The van der Waals surface area contributed by atoms with E-state index in [-0.39, 0.29) is 19.7 Å². The van der Waals surface area contributed by atoms with Crippen molar-refractivity contribution in [2.45, 2.75) is 71.8 Å². The number of ether oxygens (including phenoxy) is 2. The highest BCUT2D eigenvalue weighted by atomic mass is 16.5. The molecule has 1 aliphatic heterocycles. The first kappa shape index (κ1) is 52.2. The van der Waals surface area contributed by atoms with Gasteiger partial charge in [0.05, 0.1) is 25.8 Å². The molecule has 4 aromatic carbocycles. The van der Waals surface area contributed by atoms with Gasteiger partial charge in [-0.05, 0) is 87.1 Å². The molecule has 4 amide bonds. The van der Waals surface area contributed by atoms with E-state index >= 15 is 0 Å². The molecule has 17 heteroatoms. The van der Waals surface area contributed by atoms with Crippen molar-refractivity contribution in [1.82, 2.24) is 30.7 Å². The van der Waals surface area contributed by atoms with E-state index in [0.717, 1.165) is 38.7 Å². The summed E-state index contributed by atoms with van der Waals surface area (Å²) in [5.41, 5.74) is 5.56. The third-order valence-electron chi connectivity index (χ3n) is 10.8. The number of benzene rings is 4. The van der Waals surface area contributed by atoms with Crippen molar-refractivity contribution in [3.05, 3.63) is 155 Å². The molecule has 6 aromatic rings. The number of carbonyl (C=O) groups excluding carboxylic acids is 6. The first-order valence-corrected chi connectivity index (χ1v) is 22.4. The summed E-state index contributed by atoms with van der Waals surface area (Å²) in [6, 6.07) is 33.7. The summed E-state index contributed by atoms with van der Waals surface area (Å²) in [7, 11) is 2.75. The Morgan fingerprint density at radius 1 is 0.667 bits per heavy atom. The van der Waals surface area contributed by atoms with Crippen LogP contribution in [0.2, 0.25) is 0 Å². The molecule has 1 fully saturated rings. The zero-order chi connectivity index (χ0) is 49.9. The third kappa shape index (κ3) is 15.1. The summed E-state index contributed by atoms with van der Waals surface area (Å²) in [5.74, 6) is -2.78. The quantitative estimate of drug-likeness (QED) is 0.0736. The van der Waals surface area contributed by atoms with Crippen molar-refractivity contribution in [1.29, 1.82) is 0 Å². The van der Waals surface area contributed by atoms with Crippen molar-refractivity contribution >= 4 is 35.4 Å². The lowest BCUT2D eigenvalue weighted by atomic mass is 10.0. The van der Waals surface area contributed by atoms with Gasteiger partial charge in [0.15, 0.2) is 11.8 Å². The number of carbonyl (C=O) groups is 6. The van der Waals surface area contributed by atoms with Crippen molar-refractivity contribution in [3.63, 3.8) is 0 Å². The largest absolute Gasteiger partial charge is 0.464 e. The highest BCUT2D eigenvalue weighted by Gasteiger charge is 2.36. The molecule has 17 nitrogen and oxygen atoms in total. The summed E-state index contributed by atoms with van der Waals surface area (Å²) in [6.07, 6.45) is 3.08. The molecule has 69 heavy (non-hydrogen) atoms. The normalized spacial score (nSPS) is 13.5. The molecule has 3 heterocycles. The van der Waals surface area contributed by atoms with E-state index in [4.69, 9.17) is 18.5 Å². The summed E-state index contributed by atoms with van der Waals surface area (Å²) in [4.78, 5) is 78.3. The van der Waals surface area contributed by atoms with Crippen LogP contribution in [0.3, 0.4) is 0 Å². The molecule has 0 bridgehead atoms. The Kier molecular flexibility index (Phi) is 19.6. The highest BCUT2D eigenvalue weighted by Crippen LogP contribution is 2.22. The Labute approximate surface area is 400 Å². The topological polar surface area (TPSA) is 224 Å². The molecule has 2 aromatic heterocycles. The molecule has 0 radical (unpaired) electrons. The zero-order valence-electron chi connectivity index (χ0n) is 39.5. The van der Waals surface area contributed by atoms with Gasteiger partial charge in [-0.3, -0.25) is 24.0 Å². The lowest BCUT2D eigenvalue weighted by Crippen LogP contribution is -2.53. The van der Waals surface area contributed by atoms with Crippen LogP contribution in [-0.2, 0) is 41.7 Å². The minimum Gasteiger partial charge on any atom is -0.464 e. The molecule has 0 saturated carbocycles. The van der Waals surface area contributed by atoms with Crippen LogP contribution in [0.25, 0.3) is 22.3 Å². The standard InChI is InChI=1S/C24H25N3O5.C23H23N3O5.C5H10O/c1-4-31-24(30)21(22(28)25-15-20-14-16(2)32-26-20)27(3)23(29)19-12-10-18(11-13-19)17-8-6-5-7-9-17;1-15-12-19(25-31-15)13-24-22(29)21(20(28)14-27)26(2)23(30)18-10-8-17(9-11-18)16-6-4-3-5-7-16;1-5-3-2-4-6-5/h5-14,21H,4,15H2,1-3H3,(H,25,28);3-12,21,27H,13-14H2,1-2H3,(H,24,29);5H,2-4H2,1H3. The molecular formula is C52H58N6O11. The number of hydrogen-bond donors (Lipinski definition) is 3. The van der Waals surface area contributed by atoms with Crippen LogP contribution in [0.15, 0.2) is 130 Å². The Bertz CT molecular complexity index is 2610. The number of esters is 1. The monoisotopic (exact) mass is 942 g/mol. The van der Waals surface area contributed by atoms with Gasteiger partial charge >= 0.3 is 5.97 Å². The van der Waals surface area contributed by atoms with Crippen molar-refractivity contribution < 1.29 is 52.4 Å². The Hall–Kier alpha value is -7.76. The van der Waals surface area contributed by atoms with Crippen LogP contribution in [-0.4, -0.2) is 113 Å². The van der Waals surface area contributed by atoms with Gasteiger partial charge in [0.25, 0.3) is 23.6 Å². The van der Waals surface area contributed by atoms with Crippen LogP contribution in [0.1, 0.15) is 70.3 Å². The second kappa shape index (κ2) is 26.0. The van der Waals surface area contributed by atoms with E-state index in [1.165, 1.54) is 26.9 Å². The van der Waals surface area contributed by atoms with Gasteiger partial charge in [-0.25, -0.2) is 4.79 Å². The van der Waals surface area contributed by atoms with Crippen molar-refractivity contribution in [2.75, 3.05) is 33.9 Å². The number of amides is 4. The first-order chi connectivity index (χ1) is 33.2. The maximum Gasteiger partial charge on any atom is 0.338 e. The molecule has 3 N–H and O–H groups in total. The highest BCUT2D eigenvalue weighted by molar-refractivity contribution is 6.10. The summed E-state index contributed by atoms with van der Waals surface area (Å²) < 4.78 is 20.1. The predicted molar refractivity (Wildman–Crippen MR) is 255 cm³/mol. The van der Waals surface area contributed by atoms with Gasteiger partial charge in [0.1, 0.15) is 29.5 Å². The van der Waals surface area contributed by atoms with E-state index in [2.05, 4.69) is 27.9 Å². The van der Waals surface area contributed by atoms with Gasteiger partial charge in [-0.2, -0.15) is 0 Å². The summed E-state index contributed by atoms with van der Waals surface area (Å²) >= 11 is 0. The molecule has 0 spiro atoms. The van der Waals surface area contributed by atoms with Gasteiger partial charge in [0.2, 0.25) is 6.04 Å². The number of aromatic nitrogens is 2. The van der Waals surface area contributed by atoms with Crippen LogP contribution < -0.4 is 10.6 Å². The lowest BCUT2D eigenvalue weighted by molar-refractivity contribution is -0.152. The molecular weight excluding hydrogens is 885 g/mol. The maximum absolute atomic E-state index is 13.0. The second-order valence-corrected chi connectivity index (χ2v) is 16.0. The van der Waals surface area contributed by atoms with Crippen molar-refractivity contribution in [3.8, 4) is 22.3 Å². The minimum absolute atomic E-state index is 0.0270. The third-order valence-corrected chi connectivity index (χ3v) is 10.8. The fourth-order valence-electron chi connectivity index (χ4n) is 7.09. The smallest absolute Gasteiger partial charge is 0.338 e. The number of aliphatic hydroxyl groups is 1. The Morgan fingerprint density at radius 3 is 1.43 bits per heavy atom. The number of aryl methyl sites for hydroxylation is 2. The van der Waals surface area contributed by atoms with E-state index in [1.54, 1.807) is 69.3 Å². The number of nitrogens with zero attached hydrogens (tertiary/aromatic N) is 4. The van der Waals surface area contributed by atoms with E-state index in [0.29, 0.717) is 40.1 Å². The van der Waals surface area contributed by atoms with Gasteiger partial charge in [0, 0.05) is 44.0 Å². The number of rotatable bonds is 16. The SMILES string of the molecule is CC1CCCO1.CCOC(=O)C(C(=O)NCc1cc(C)on1)N(C)C(=O)c1ccc(-c2ccccc2)cc1.Cc1cc(CNC(=O)C(C(=O)CO)N(C)C(=O)c2ccc(-c3ccccc3)cc2)no1. The van der Waals surface area contributed by atoms with E-state index < -0.39 is 54.1 Å². The van der Waals surface area contributed by atoms with Crippen LogP contribution >= 0.6 is 0 Å². The number of aliphatic hydroxyl groups excluding tert-OH is 1. The average Bonchev–Trinajstić information content (AvgIpc) is 4.15. The second-order valence-electron chi connectivity index (χ2n) is 16.0. The van der Waals surface area contributed by atoms with Crippen LogP contribution in [0.4, 0.5) is 0 Å². The van der Waals surface area contributed by atoms with Crippen molar-refractivity contribution in [2.24, 2.45) is 0 Å². The van der Waals surface area contributed by atoms with Gasteiger partial charge in [-0.1, -0.05) is 95.2 Å². The van der Waals surface area contributed by atoms with Gasteiger partial charge < -0.3 is 44.1 Å². The molecule has 0 aliphatic carbocycles. The van der Waals surface area contributed by atoms with Gasteiger partial charge in [-0.15, -0.1) is 0 Å². The number of ketones is 1. The molecule has 7 rings (SSSR count). The maximum atomic E-state index is 13.0. The Balaban J connectivity index is 0.000000229. The molecule has 3 atom stereocenters. The molecule has 1 saturated heterocycles. The molecule has 362 valence electrons. The minimum atomic E-state index is -1.47. The van der Waals surface area contributed by atoms with Crippen LogP contribution in [0.5, 0.6) is 0 Å². The summed E-state index contributed by atoms with van der Waals surface area (Å²) in [5, 5.41) is 22.1. The predicted octanol–water partition coefficient (Wildman–Crippen LogP) is 6.12. The molecule has 1 aliphatic rings. The van der Waals surface area contributed by atoms with Crippen LogP contribution in [0, 0.1) is 13.8 Å². The fourth-order valence-corrected chi connectivity index (χ4v) is 7.09. The Morgan fingerprint density at radius 2 is 1.09 bits per heavy atom.